The average molecular weight is 654 g/mol. The molecule has 11 heteroatoms. The van der Waals surface area contributed by atoms with Crippen molar-refractivity contribution < 1.29 is 23.7 Å². The summed E-state index contributed by atoms with van der Waals surface area (Å²) in [7, 11) is 1.56. The van der Waals surface area contributed by atoms with E-state index in [1.54, 1.807) is 51.3 Å². The van der Waals surface area contributed by atoms with Crippen molar-refractivity contribution in [3.05, 3.63) is 118 Å². The zero-order valence-corrected chi connectivity index (χ0v) is 26.9. The van der Waals surface area contributed by atoms with Crippen LogP contribution in [0.25, 0.3) is 6.08 Å². The van der Waals surface area contributed by atoms with E-state index in [1.165, 1.54) is 15.9 Å². The Hall–Kier alpha value is -4.05. The van der Waals surface area contributed by atoms with Gasteiger partial charge in [-0.15, -0.1) is 0 Å². The Bertz CT molecular complexity index is 1930. The molecule has 5 rings (SSSR count). The lowest BCUT2D eigenvalue weighted by Crippen LogP contribution is -2.40. The van der Waals surface area contributed by atoms with Gasteiger partial charge in [-0.1, -0.05) is 64.9 Å². The molecule has 1 atom stereocenters. The van der Waals surface area contributed by atoms with Gasteiger partial charge in [0, 0.05) is 21.2 Å². The average Bonchev–Trinajstić information content (AvgIpc) is 3.30. The number of esters is 1. The maximum atomic E-state index is 14.1. The number of halogens is 2. The van der Waals surface area contributed by atoms with Crippen LogP contribution in [-0.2, 0) is 16.1 Å². The van der Waals surface area contributed by atoms with E-state index in [-0.39, 0.29) is 24.3 Å². The quantitative estimate of drug-likeness (QED) is 0.193. The van der Waals surface area contributed by atoms with Crippen LogP contribution in [0, 0.1) is 0 Å². The van der Waals surface area contributed by atoms with Crippen molar-refractivity contribution in [3.63, 3.8) is 0 Å². The molecule has 0 aliphatic carbocycles. The highest BCUT2D eigenvalue weighted by Gasteiger charge is 2.34. The third kappa shape index (κ3) is 6.40. The minimum atomic E-state index is -0.795. The van der Waals surface area contributed by atoms with Gasteiger partial charge in [-0.2, -0.15) is 0 Å². The van der Waals surface area contributed by atoms with Gasteiger partial charge in [0.1, 0.15) is 12.4 Å². The molecule has 3 aromatic carbocycles. The van der Waals surface area contributed by atoms with E-state index in [9.17, 15) is 9.59 Å². The number of carbonyl (C=O) groups is 1. The normalized spacial score (nSPS) is 14.6. The first-order chi connectivity index (χ1) is 21.2. The Labute approximate surface area is 268 Å². The highest BCUT2D eigenvalue weighted by molar-refractivity contribution is 7.07. The molecule has 44 heavy (non-hydrogen) atoms. The fourth-order valence-electron chi connectivity index (χ4n) is 4.91. The molecule has 1 aliphatic rings. The lowest BCUT2D eigenvalue weighted by atomic mass is 9.95. The van der Waals surface area contributed by atoms with Gasteiger partial charge in [-0.05, 0) is 62.7 Å². The number of fused-ring (bicyclic) bond motifs is 1. The molecule has 0 radical (unpaired) electrons. The number of benzene rings is 3. The SMILES string of the molecule is CCOC(=O)C1=C(C)N=c2s/c(=C/c3ccccc3OCc3ccc(Cl)cc3Cl)c(=O)n2[C@@H]1c1ccc(OC)c(OCC)c1. The Balaban J connectivity index is 1.61. The number of thiazole rings is 1. The highest BCUT2D eigenvalue weighted by atomic mass is 35.5. The molecule has 4 aromatic rings. The number of carbonyl (C=O) groups excluding carboxylic acids is 1. The van der Waals surface area contributed by atoms with Crippen LogP contribution in [0.3, 0.4) is 0 Å². The monoisotopic (exact) mass is 652 g/mol. The van der Waals surface area contributed by atoms with E-state index >= 15 is 0 Å². The third-order valence-electron chi connectivity index (χ3n) is 6.92. The summed E-state index contributed by atoms with van der Waals surface area (Å²) >= 11 is 13.6. The van der Waals surface area contributed by atoms with Crippen LogP contribution in [0.4, 0.5) is 0 Å². The number of para-hydroxylation sites is 1. The molecular weight excluding hydrogens is 623 g/mol. The molecule has 8 nitrogen and oxygen atoms in total. The molecule has 0 bridgehead atoms. The summed E-state index contributed by atoms with van der Waals surface area (Å²) in [4.78, 5) is 32.5. The summed E-state index contributed by atoms with van der Waals surface area (Å²) in [5.41, 5.74) is 2.57. The van der Waals surface area contributed by atoms with Crippen molar-refractivity contribution in [1.82, 2.24) is 4.57 Å². The summed E-state index contributed by atoms with van der Waals surface area (Å²) < 4.78 is 24.8. The number of methoxy groups -OCH3 is 1. The first-order valence-corrected chi connectivity index (χ1v) is 15.5. The minimum Gasteiger partial charge on any atom is -0.493 e. The van der Waals surface area contributed by atoms with Crippen molar-refractivity contribution >= 4 is 46.6 Å². The van der Waals surface area contributed by atoms with Gasteiger partial charge in [0.2, 0.25) is 0 Å². The summed E-state index contributed by atoms with van der Waals surface area (Å²) in [5.74, 6) is 1.07. The standard InChI is InChI=1S/C33H30Cl2N2O6S/c1-5-41-27-15-21(12-14-26(27)40-4)30-29(32(39)42-6-2)19(3)36-33-37(30)31(38)28(44-33)16-20-9-7-8-10-25(20)43-18-22-11-13-23(34)17-24(22)35/h7-17,30H,5-6,18H2,1-4H3/b28-16+/t30-/m1/s1. The van der Waals surface area contributed by atoms with Gasteiger partial charge in [-0.25, -0.2) is 9.79 Å². The molecule has 0 amide bonds. The number of rotatable bonds is 10. The second kappa shape index (κ2) is 13.7. The predicted molar refractivity (Wildman–Crippen MR) is 172 cm³/mol. The van der Waals surface area contributed by atoms with Gasteiger partial charge in [-0.3, -0.25) is 9.36 Å². The zero-order chi connectivity index (χ0) is 31.4. The van der Waals surface area contributed by atoms with Gasteiger partial charge in [0.25, 0.3) is 5.56 Å². The minimum absolute atomic E-state index is 0.178. The van der Waals surface area contributed by atoms with E-state index in [4.69, 9.17) is 42.1 Å². The van der Waals surface area contributed by atoms with Crippen LogP contribution in [0.1, 0.15) is 43.5 Å². The van der Waals surface area contributed by atoms with Crippen LogP contribution in [-0.4, -0.2) is 30.9 Å². The van der Waals surface area contributed by atoms with E-state index < -0.39 is 12.0 Å². The van der Waals surface area contributed by atoms with Crippen LogP contribution in [0.5, 0.6) is 17.2 Å². The number of ether oxygens (including phenoxy) is 4. The summed E-state index contributed by atoms with van der Waals surface area (Å²) in [5, 5.41) is 1.04. The van der Waals surface area contributed by atoms with Gasteiger partial charge >= 0.3 is 5.97 Å². The summed E-state index contributed by atoms with van der Waals surface area (Å²) in [6, 6.07) is 17.2. The molecule has 0 unspecified atom stereocenters. The van der Waals surface area contributed by atoms with Crippen molar-refractivity contribution in [2.75, 3.05) is 20.3 Å². The fraction of sp³-hybridized carbons (Fsp3) is 0.242. The Morgan fingerprint density at radius 2 is 1.80 bits per heavy atom. The second-order valence-corrected chi connectivity index (χ2v) is 11.6. The Kier molecular flexibility index (Phi) is 9.78. The van der Waals surface area contributed by atoms with Crippen LogP contribution in [0.15, 0.2) is 81.7 Å². The van der Waals surface area contributed by atoms with Crippen molar-refractivity contribution in [1.29, 1.82) is 0 Å². The van der Waals surface area contributed by atoms with Gasteiger partial charge in [0.05, 0.1) is 42.2 Å². The van der Waals surface area contributed by atoms with E-state index in [0.29, 0.717) is 60.1 Å². The van der Waals surface area contributed by atoms with Gasteiger partial charge in [0.15, 0.2) is 16.3 Å². The molecule has 2 heterocycles. The van der Waals surface area contributed by atoms with Crippen molar-refractivity contribution in [2.24, 2.45) is 4.99 Å². The molecule has 0 saturated heterocycles. The van der Waals surface area contributed by atoms with E-state index in [2.05, 4.69) is 4.99 Å². The van der Waals surface area contributed by atoms with Crippen LogP contribution in [0.2, 0.25) is 10.0 Å². The van der Waals surface area contributed by atoms with E-state index in [0.717, 1.165) is 5.56 Å². The molecular formula is C33H30Cl2N2O6S. The summed E-state index contributed by atoms with van der Waals surface area (Å²) in [6.45, 7) is 6.15. The van der Waals surface area contributed by atoms with Crippen LogP contribution < -0.4 is 29.1 Å². The third-order valence-corrected chi connectivity index (χ3v) is 8.49. The van der Waals surface area contributed by atoms with Crippen LogP contribution >= 0.6 is 34.5 Å². The first-order valence-electron chi connectivity index (χ1n) is 13.9. The number of aromatic nitrogens is 1. The number of allylic oxidation sites excluding steroid dienone is 1. The fourth-order valence-corrected chi connectivity index (χ4v) is 6.41. The number of nitrogens with zero attached hydrogens (tertiary/aromatic N) is 2. The first kappa shape index (κ1) is 31.4. The van der Waals surface area contributed by atoms with Gasteiger partial charge < -0.3 is 18.9 Å². The maximum Gasteiger partial charge on any atom is 0.338 e. The largest absolute Gasteiger partial charge is 0.493 e. The number of hydrogen-bond acceptors (Lipinski definition) is 8. The predicted octanol–water partition coefficient (Wildman–Crippen LogP) is 6.09. The van der Waals surface area contributed by atoms with E-state index in [1.807, 2.05) is 43.3 Å². The summed E-state index contributed by atoms with van der Waals surface area (Å²) in [6.07, 6.45) is 1.77. The zero-order valence-electron chi connectivity index (χ0n) is 24.6. The molecule has 228 valence electrons. The van der Waals surface area contributed by atoms with Crippen molar-refractivity contribution in [2.45, 2.75) is 33.4 Å². The second-order valence-electron chi connectivity index (χ2n) is 9.71. The maximum absolute atomic E-state index is 14.1. The lowest BCUT2D eigenvalue weighted by Gasteiger charge is -2.25. The molecule has 0 saturated carbocycles. The molecule has 1 aliphatic heterocycles. The molecule has 1 aromatic heterocycles. The lowest BCUT2D eigenvalue weighted by molar-refractivity contribution is -0.139. The molecule has 0 spiro atoms. The topological polar surface area (TPSA) is 88.4 Å². The molecule has 0 fully saturated rings. The highest BCUT2D eigenvalue weighted by Crippen LogP contribution is 2.36. The Morgan fingerprint density at radius 3 is 2.52 bits per heavy atom. The molecule has 0 N–H and O–H groups in total. The Morgan fingerprint density at radius 1 is 1.00 bits per heavy atom. The van der Waals surface area contributed by atoms with Crippen molar-refractivity contribution in [3.8, 4) is 17.2 Å². The number of hydrogen-bond donors (Lipinski definition) is 0. The smallest absolute Gasteiger partial charge is 0.338 e.